The lowest BCUT2D eigenvalue weighted by Gasteiger charge is -2.02. The van der Waals surface area contributed by atoms with Crippen molar-refractivity contribution in [2.75, 3.05) is 0 Å². The van der Waals surface area contributed by atoms with E-state index in [0.29, 0.717) is 0 Å². The molecule has 6 heteroatoms. The van der Waals surface area contributed by atoms with Gasteiger partial charge in [-0.2, -0.15) is 5.10 Å². The Balaban J connectivity index is 1.99. The Hall–Kier alpha value is -1.56. The third-order valence-corrected chi connectivity index (χ3v) is 3.68. The number of hydrazone groups is 1. The standard InChI is InChI=1S/C14H12ClN3S2/c15-11-3-7-13(8-4-11)20-12-5-1-10(2-6-12)9-17-18-14(16)19/h1-9H,(H3,16,18,19)/b17-9-. The summed E-state index contributed by atoms with van der Waals surface area (Å²) in [6.45, 7) is 0. The van der Waals surface area contributed by atoms with Crippen LogP contribution in [0.5, 0.6) is 0 Å². The summed E-state index contributed by atoms with van der Waals surface area (Å²) in [6.07, 6.45) is 1.66. The molecule has 2 aromatic carbocycles. The number of nitrogens with zero attached hydrogens (tertiary/aromatic N) is 1. The lowest BCUT2D eigenvalue weighted by atomic mass is 10.2. The van der Waals surface area contributed by atoms with Crippen molar-refractivity contribution in [3.8, 4) is 0 Å². The average Bonchev–Trinajstić information content (AvgIpc) is 2.43. The van der Waals surface area contributed by atoms with Gasteiger partial charge in [0.25, 0.3) is 0 Å². The van der Waals surface area contributed by atoms with Crippen molar-refractivity contribution in [1.29, 1.82) is 0 Å². The third kappa shape index (κ3) is 4.85. The van der Waals surface area contributed by atoms with Gasteiger partial charge in [-0.15, -0.1) is 0 Å². The number of halogens is 1. The number of nitrogens with two attached hydrogens (primary N) is 1. The zero-order chi connectivity index (χ0) is 14.4. The smallest absolute Gasteiger partial charge is 0.184 e. The maximum absolute atomic E-state index is 5.86. The third-order valence-electron chi connectivity index (χ3n) is 2.32. The van der Waals surface area contributed by atoms with E-state index < -0.39 is 0 Å². The van der Waals surface area contributed by atoms with Gasteiger partial charge in [-0.05, 0) is 54.2 Å². The molecule has 3 N–H and O–H groups in total. The van der Waals surface area contributed by atoms with E-state index in [0.717, 1.165) is 20.4 Å². The lowest BCUT2D eigenvalue weighted by Crippen LogP contribution is -2.23. The molecular formula is C14H12ClN3S2. The van der Waals surface area contributed by atoms with Gasteiger partial charge in [0.1, 0.15) is 0 Å². The van der Waals surface area contributed by atoms with Crippen LogP contribution in [0.15, 0.2) is 63.4 Å². The molecule has 0 aromatic heterocycles. The zero-order valence-electron chi connectivity index (χ0n) is 10.4. The van der Waals surface area contributed by atoms with Gasteiger partial charge in [-0.1, -0.05) is 35.5 Å². The molecule has 0 aliphatic carbocycles. The van der Waals surface area contributed by atoms with E-state index in [-0.39, 0.29) is 5.11 Å². The van der Waals surface area contributed by atoms with Crippen LogP contribution in [0.1, 0.15) is 5.56 Å². The fourth-order valence-corrected chi connectivity index (χ4v) is 2.43. The van der Waals surface area contributed by atoms with Crippen LogP contribution in [0.25, 0.3) is 0 Å². The molecule has 0 heterocycles. The predicted molar refractivity (Wildman–Crippen MR) is 89.5 cm³/mol. The maximum atomic E-state index is 5.86. The van der Waals surface area contributed by atoms with Gasteiger partial charge in [0.15, 0.2) is 5.11 Å². The molecule has 0 radical (unpaired) electrons. The quantitative estimate of drug-likeness (QED) is 0.512. The number of benzene rings is 2. The van der Waals surface area contributed by atoms with Crippen LogP contribution in [0, 0.1) is 0 Å². The monoisotopic (exact) mass is 321 g/mol. The van der Waals surface area contributed by atoms with E-state index in [1.165, 1.54) is 0 Å². The zero-order valence-corrected chi connectivity index (χ0v) is 12.8. The van der Waals surface area contributed by atoms with Crippen molar-refractivity contribution in [2.24, 2.45) is 10.8 Å². The van der Waals surface area contributed by atoms with Crippen LogP contribution in [0.3, 0.4) is 0 Å². The average molecular weight is 322 g/mol. The highest BCUT2D eigenvalue weighted by molar-refractivity contribution is 7.99. The molecule has 3 nitrogen and oxygen atoms in total. The van der Waals surface area contributed by atoms with Crippen molar-refractivity contribution in [3.63, 3.8) is 0 Å². The number of hydrogen-bond acceptors (Lipinski definition) is 3. The largest absolute Gasteiger partial charge is 0.375 e. The van der Waals surface area contributed by atoms with Crippen molar-refractivity contribution in [2.45, 2.75) is 9.79 Å². The van der Waals surface area contributed by atoms with E-state index in [9.17, 15) is 0 Å². The number of hydrogen-bond donors (Lipinski definition) is 2. The Labute approximate surface area is 132 Å². The number of rotatable bonds is 4. The van der Waals surface area contributed by atoms with E-state index in [1.54, 1.807) is 18.0 Å². The second-order valence-corrected chi connectivity index (χ2v) is 5.88. The second-order valence-electron chi connectivity index (χ2n) is 3.86. The molecule has 0 bridgehead atoms. The Morgan fingerprint density at radius 1 is 1.10 bits per heavy atom. The topological polar surface area (TPSA) is 50.4 Å². The highest BCUT2D eigenvalue weighted by atomic mass is 35.5. The number of thiocarbonyl (C=S) groups is 1. The van der Waals surface area contributed by atoms with Crippen molar-refractivity contribution < 1.29 is 0 Å². The van der Waals surface area contributed by atoms with Gasteiger partial charge in [-0.3, -0.25) is 5.43 Å². The van der Waals surface area contributed by atoms with Gasteiger partial charge < -0.3 is 5.73 Å². The first-order chi connectivity index (χ1) is 9.63. The summed E-state index contributed by atoms with van der Waals surface area (Å²) < 4.78 is 0. The summed E-state index contributed by atoms with van der Waals surface area (Å²) in [6, 6.07) is 15.8. The second kappa shape index (κ2) is 7.28. The molecule has 0 aliphatic heterocycles. The summed E-state index contributed by atoms with van der Waals surface area (Å²) in [4.78, 5) is 2.29. The SMILES string of the molecule is NC(=S)N/N=C\c1ccc(Sc2ccc(Cl)cc2)cc1. The lowest BCUT2D eigenvalue weighted by molar-refractivity contribution is 1.04. The fraction of sp³-hybridized carbons (Fsp3) is 0. The molecular weight excluding hydrogens is 310 g/mol. The summed E-state index contributed by atoms with van der Waals surface area (Å²) in [5, 5.41) is 4.79. The van der Waals surface area contributed by atoms with Gasteiger partial charge in [0.2, 0.25) is 0 Å². The molecule has 0 atom stereocenters. The van der Waals surface area contributed by atoms with E-state index >= 15 is 0 Å². The van der Waals surface area contributed by atoms with Gasteiger partial charge in [0.05, 0.1) is 6.21 Å². The summed E-state index contributed by atoms with van der Waals surface area (Å²) in [5.41, 5.74) is 8.75. The fourth-order valence-electron chi connectivity index (χ4n) is 1.43. The first-order valence-corrected chi connectivity index (χ1v) is 7.36. The highest BCUT2D eigenvalue weighted by Gasteiger charge is 1.97. The first kappa shape index (κ1) is 14.8. The van der Waals surface area contributed by atoms with Crippen molar-refractivity contribution in [3.05, 3.63) is 59.1 Å². The molecule has 20 heavy (non-hydrogen) atoms. The predicted octanol–water partition coefficient (Wildman–Crippen LogP) is 3.66. The molecule has 0 spiro atoms. The van der Waals surface area contributed by atoms with Crippen LogP contribution >= 0.6 is 35.6 Å². The number of nitrogens with one attached hydrogen (secondary N) is 1. The normalized spacial score (nSPS) is 10.7. The molecule has 2 aromatic rings. The van der Waals surface area contributed by atoms with Crippen molar-refractivity contribution >= 4 is 46.9 Å². The molecule has 0 aliphatic rings. The van der Waals surface area contributed by atoms with Crippen molar-refractivity contribution in [1.82, 2.24) is 5.43 Å². The van der Waals surface area contributed by atoms with E-state index in [2.05, 4.69) is 22.7 Å². The van der Waals surface area contributed by atoms with Crippen LogP contribution in [0.4, 0.5) is 0 Å². The van der Waals surface area contributed by atoms with Crippen LogP contribution in [-0.2, 0) is 0 Å². The highest BCUT2D eigenvalue weighted by Crippen LogP contribution is 2.28. The molecule has 2 rings (SSSR count). The van der Waals surface area contributed by atoms with Crippen LogP contribution < -0.4 is 11.2 Å². The minimum absolute atomic E-state index is 0.149. The maximum Gasteiger partial charge on any atom is 0.184 e. The first-order valence-electron chi connectivity index (χ1n) is 5.75. The Morgan fingerprint density at radius 2 is 1.65 bits per heavy atom. The molecule has 0 fully saturated rings. The molecule has 102 valence electrons. The minimum Gasteiger partial charge on any atom is -0.375 e. The Kier molecular flexibility index (Phi) is 5.40. The van der Waals surface area contributed by atoms with E-state index in [4.69, 9.17) is 17.3 Å². The Bertz CT molecular complexity index is 609. The van der Waals surface area contributed by atoms with Crippen LogP contribution in [-0.4, -0.2) is 11.3 Å². The summed E-state index contributed by atoms with van der Waals surface area (Å²) >= 11 is 12.2. The van der Waals surface area contributed by atoms with Gasteiger partial charge in [-0.25, -0.2) is 0 Å². The molecule has 0 unspecified atom stereocenters. The van der Waals surface area contributed by atoms with Gasteiger partial charge in [0, 0.05) is 14.8 Å². The van der Waals surface area contributed by atoms with E-state index in [1.807, 2.05) is 48.5 Å². The molecule has 0 saturated carbocycles. The van der Waals surface area contributed by atoms with Crippen LogP contribution in [0.2, 0.25) is 5.02 Å². The summed E-state index contributed by atoms with van der Waals surface area (Å²) in [5.74, 6) is 0. The Morgan fingerprint density at radius 3 is 2.20 bits per heavy atom. The molecule has 0 saturated heterocycles. The molecule has 0 amide bonds. The van der Waals surface area contributed by atoms with Gasteiger partial charge >= 0.3 is 0 Å². The minimum atomic E-state index is 0.149. The summed E-state index contributed by atoms with van der Waals surface area (Å²) in [7, 11) is 0.